The van der Waals surface area contributed by atoms with Crippen molar-refractivity contribution in [3.8, 4) is 0 Å². The summed E-state index contributed by atoms with van der Waals surface area (Å²) in [6.07, 6.45) is 0.116. The Morgan fingerprint density at radius 2 is 2.00 bits per heavy atom. The van der Waals surface area contributed by atoms with Crippen LogP contribution in [-0.2, 0) is 4.74 Å². The van der Waals surface area contributed by atoms with E-state index in [1.165, 1.54) is 0 Å². The molecule has 108 valence electrons. The fourth-order valence-electron chi connectivity index (χ4n) is 2.47. The van der Waals surface area contributed by atoms with Gasteiger partial charge in [-0.2, -0.15) is 0 Å². The first-order valence-corrected chi connectivity index (χ1v) is 7.19. The molecule has 2 aromatic rings. The average molecular weight is 273 g/mol. The van der Waals surface area contributed by atoms with E-state index in [9.17, 15) is 5.11 Å². The first-order chi connectivity index (χ1) is 9.50. The van der Waals surface area contributed by atoms with Crippen LogP contribution in [0.2, 0.25) is 0 Å². The topological polar surface area (TPSA) is 42.4 Å². The van der Waals surface area contributed by atoms with Crippen molar-refractivity contribution in [1.29, 1.82) is 0 Å². The number of hydrogen-bond acceptors (Lipinski definition) is 3. The third-order valence-corrected chi connectivity index (χ3v) is 3.92. The summed E-state index contributed by atoms with van der Waals surface area (Å²) in [5.74, 6) is 0. The molecule has 20 heavy (non-hydrogen) atoms. The van der Waals surface area contributed by atoms with Gasteiger partial charge >= 0.3 is 0 Å². The molecule has 3 nitrogen and oxygen atoms in total. The zero-order valence-corrected chi connectivity index (χ0v) is 12.7. The van der Waals surface area contributed by atoms with Crippen LogP contribution >= 0.6 is 0 Å². The van der Waals surface area contributed by atoms with Gasteiger partial charge in [0.15, 0.2) is 0 Å². The lowest BCUT2D eigenvalue weighted by molar-refractivity contribution is -0.113. The molecule has 0 spiro atoms. The fraction of sp³-hybridized carbons (Fsp3) is 0.471. The van der Waals surface area contributed by atoms with Gasteiger partial charge in [0.05, 0.1) is 11.1 Å². The number of aliphatic hydroxyl groups excluding tert-OH is 1. The van der Waals surface area contributed by atoms with Crippen LogP contribution in [-0.4, -0.2) is 22.3 Å². The van der Waals surface area contributed by atoms with Crippen LogP contribution in [0.15, 0.2) is 30.3 Å². The lowest BCUT2D eigenvalue weighted by Crippen LogP contribution is -2.35. The zero-order valence-electron chi connectivity index (χ0n) is 12.7. The summed E-state index contributed by atoms with van der Waals surface area (Å²) in [5, 5.41) is 11.7. The van der Waals surface area contributed by atoms with Crippen molar-refractivity contribution in [1.82, 2.24) is 4.98 Å². The number of aromatic nitrogens is 1. The van der Waals surface area contributed by atoms with Crippen LogP contribution in [0.5, 0.6) is 0 Å². The molecule has 1 aromatic carbocycles. The van der Waals surface area contributed by atoms with E-state index >= 15 is 0 Å². The maximum absolute atomic E-state index is 10.6. The van der Waals surface area contributed by atoms with E-state index in [1.54, 1.807) is 0 Å². The van der Waals surface area contributed by atoms with Gasteiger partial charge in [-0.25, -0.2) is 0 Å². The smallest absolute Gasteiger partial charge is 0.108 e. The quantitative estimate of drug-likeness (QED) is 0.901. The predicted octanol–water partition coefficient (Wildman–Crippen LogP) is 3.78. The van der Waals surface area contributed by atoms with Crippen molar-refractivity contribution in [3.63, 3.8) is 0 Å². The van der Waals surface area contributed by atoms with Crippen LogP contribution in [0.25, 0.3) is 10.9 Å². The minimum absolute atomic E-state index is 0.555. The Bertz CT molecular complexity index is 597. The summed E-state index contributed by atoms with van der Waals surface area (Å²) in [7, 11) is 0. The highest BCUT2D eigenvalue weighted by molar-refractivity contribution is 5.79. The third kappa shape index (κ3) is 2.84. The summed E-state index contributed by atoms with van der Waals surface area (Å²) in [6.45, 7) is 8.51. The van der Waals surface area contributed by atoms with Crippen molar-refractivity contribution in [2.45, 2.75) is 45.8 Å². The Kier molecular flexibility index (Phi) is 4.41. The number of fused-ring (bicyclic) bond motifs is 1. The predicted molar refractivity (Wildman–Crippen MR) is 81.8 cm³/mol. The second-order valence-electron chi connectivity index (χ2n) is 5.41. The van der Waals surface area contributed by atoms with Crippen molar-refractivity contribution in [2.75, 3.05) is 6.61 Å². The fourth-order valence-corrected chi connectivity index (χ4v) is 2.47. The molecule has 2 unspecified atom stereocenters. The molecule has 0 aliphatic rings. The molecule has 0 aliphatic carbocycles. The highest BCUT2D eigenvalue weighted by Crippen LogP contribution is 2.33. The molecule has 2 rings (SSSR count). The molecular formula is C17H23NO2. The summed E-state index contributed by atoms with van der Waals surface area (Å²) >= 11 is 0. The molecule has 0 saturated carbocycles. The second-order valence-corrected chi connectivity index (χ2v) is 5.41. The van der Waals surface area contributed by atoms with Gasteiger partial charge in [-0.1, -0.05) is 19.1 Å². The molecule has 0 aliphatic heterocycles. The first kappa shape index (κ1) is 14.9. The largest absolute Gasteiger partial charge is 0.385 e. The molecule has 0 amide bonds. The van der Waals surface area contributed by atoms with E-state index in [0.717, 1.165) is 28.6 Å². The number of hydrogen-bond donors (Lipinski definition) is 1. The zero-order chi connectivity index (χ0) is 14.8. The lowest BCUT2D eigenvalue weighted by Gasteiger charge is -2.33. The number of pyridine rings is 1. The van der Waals surface area contributed by atoms with Crippen molar-refractivity contribution in [3.05, 3.63) is 41.6 Å². The van der Waals surface area contributed by atoms with Gasteiger partial charge in [0.25, 0.3) is 0 Å². The van der Waals surface area contributed by atoms with Crippen LogP contribution in [0.1, 0.15) is 44.6 Å². The minimum Gasteiger partial charge on any atom is -0.385 e. The van der Waals surface area contributed by atoms with Gasteiger partial charge in [-0.15, -0.1) is 0 Å². The average Bonchev–Trinajstić information content (AvgIpc) is 2.46. The minimum atomic E-state index is -0.641. The Balaban J connectivity index is 2.39. The number of aliphatic hydroxyl groups is 1. The van der Waals surface area contributed by atoms with E-state index in [1.807, 2.05) is 58.0 Å². The Labute approximate surface area is 120 Å². The van der Waals surface area contributed by atoms with Crippen molar-refractivity contribution >= 4 is 10.9 Å². The molecule has 1 N–H and O–H groups in total. The van der Waals surface area contributed by atoms with Crippen LogP contribution < -0.4 is 0 Å². The summed E-state index contributed by atoms with van der Waals surface area (Å²) in [6, 6.07) is 9.92. The lowest BCUT2D eigenvalue weighted by atomic mass is 9.89. The Hall–Kier alpha value is -1.45. The maximum atomic E-state index is 10.6. The van der Waals surface area contributed by atoms with E-state index < -0.39 is 11.7 Å². The van der Waals surface area contributed by atoms with Crippen LogP contribution in [0.4, 0.5) is 0 Å². The van der Waals surface area contributed by atoms with Gasteiger partial charge in [-0.05, 0) is 51.0 Å². The van der Waals surface area contributed by atoms with E-state index in [0.29, 0.717) is 6.61 Å². The van der Waals surface area contributed by atoms with Crippen molar-refractivity contribution < 1.29 is 9.84 Å². The Morgan fingerprint density at radius 3 is 2.65 bits per heavy atom. The number of benzene rings is 1. The van der Waals surface area contributed by atoms with Crippen LogP contribution in [0.3, 0.4) is 0 Å². The molecule has 0 saturated heterocycles. The number of ether oxygens (including phenoxy) is 1. The molecule has 0 bridgehead atoms. The molecule has 2 atom stereocenters. The summed E-state index contributed by atoms with van der Waals surface area (Å²) in [5.41, 5.74) is 2.27. The maximum Gasteiger partial charge on any atom is 0.108 e. The normalized spacial score (nSPS) is 16.1. The number of nitrogens with zero attached hydrogens (tertiary/aromatic N) is 1. The summed E-state index contributed by atoms with van der Waals surface area (Å²) < 4.78 is 5.76. The molecule has 0 radical (unpaired) electrons. The molecule has 0 fully saturated rings. The van der Waals surface area contributed by atoms with Gasteiger partial charge in [0, 0.05) is 17.7 Å². The van der Waals surface area contributed by atoms with Crippen molar-refractivity contribution in [2.24, 2.45) is 0 Å². The number of aryl methyl sites for hydroxylation is 1. The molecule has 1 aromatic heterocycles. The SMILES string of the molecule is CCOC(C)(CC)C(O)c1ccc2nc(C)ccc2c1. The first-order valence-electron chi connectivity index (χ1n) is 7.19. The standard InChI is InChI=1S/C17H23NO2/c1-5-17(4,20-6-2)16(19)14-9-10-15-13(11-14)8-7-12(3)18-15/h7-11,16,19H,5-6H2,1-4H3. The van der Waals surface area contributed by atoms with Crippen LogP contribution in [0, 0.1) is 6.92 Å². The van der Waals surface area contributed by atoms with E-state index in [-0.39, 0.29) is 0 Å². The van der Waals surface area contributed by atoms with E-state index in [4.69, 9.17) is 4.74 Å². The molecule has 1 heterocycles. The van der Waals surface area contributed by atoms with Gasteiger partial charge in [0.2, 0.25) is 0 Å². The van der Waals surface area contributed by atoms with Gasteiger partial charge in [-0.3, -0.25) is 4.98 Å². The number of rotatable bonds is 5. The Morgan fingerprint density at radius 1 is 1.25 bits per heavy atom. The molecule has 3 heteroatoms. The van der Waals surface area contributed by atoms with E-state index in [2.05, 4.69) is 4.98 Å². The van der Waals surface area contributed by atoms with Gasteiger partial charge in [0.1, 0.15) is 6.10 Å². The summed E-state index contributed by atoms with van der Waals surface area (Å²) in [4.78, 5) is 4.48. The highest BCUT2D eigenvalue weighted by atomic mass is 16.5. The molecular weight excluding hydrogens is 250 g/mol. The highest BCUT2D eigenvalue weighted by Gasteiger charge is 2.33. The van der Waals surface area contributed by atoms with Gasteiger partial charge < -0.3 is 9.84 Å². The monoisotopic (exact) mass is 273 g/mol. The second kappa shape index (κ2) is 5.90. The third-order valence-electron chi connectivity index (χ3n) is 3.92.